The molecule has 0 aromatic heterocycles. The Bertz CT molecular complexity index is 642. The van der Waals surface area contributed by atoms with E-state index in [0.29, 0.717) is 32.5 Å². The highest BCUT2D eigenvalue weighted by molar-refractivity contribution is 5.91. The number of carbonyl (C=O) groups excluding carboxylic acids is 2. The lowest BCUT2D eigenvalue weighted by Crippen LogP contribution is -2.59. The van der Waals surface area contributed by atoms with E-state index in [0.717, 1.165) is 31.4 Å². The van der Waals surface area contributed by atoms with Crippen LogP contribution in [0.5, 0.6) is 0 Å². The second-order valence-electron chi connectivity index (χ2n) is 8.07. The molecular weight excluding hydrogens is 328 g/mol. The molecule has 1 saturated carbocycles. The fourth-order valence-electron chi connectivity index (χ4n) is 4.08. The minimum absolute atomic E-state index is 0.00891. The standard InChI is InChI=1S/C20H30N4O2/c1-19(14-21)11-12-24(15-19)17(25)20(9-5-6-10-20)23-18(26)22-13-16-7-3-2-4-8-16/h2-4,7-8H,5-6,9-15,21H2,1H3,(H2,22,23,26). The molecule has 1 aromatic rings. The van der Waals surface area contributed by atoms with Crippen LogP contribution in [0, 0.1) is 5.41 Å². The van der Waals surface area contributed by atoms with Crippen LogP contribution in [0.25, 0.3) is 0 Å². The lowest BCUT2D eigenvalue weighted by molar-refractivity contribution is -0.137. The molecule has 4 N–H and O–H groups in total. The van der Waals surface area contributed by atoms with E-state index in [1.165, 1.54) is 0 Å². The molecule has 3 amide bonds. The van der Waals surface area contributed by atoms with Crippen LogP contribution in [-0.2, 0) is 11.3 Å². The normalized spacial score (nSPS) is 24.5. The van der Waals surface area contributed by atoms with E-state index in [1.54, 1.807) is 0 Å². The van der Waals surface area contributed by atoms with Crippen molar-refractivity contribution >= 4 is 11.9 Å². The molecule has 1 saturated heterocycles. The minimum atomic E-state index is -0.763. The largest absolute Gasteiger partial charge is 0.340 e. The van der Waals surface area contributed by atoms with E-state index in [-0.39, 0.29) is 17.4 Å². The maximum atomic E-state index is 13.2. The van der Waals surface area contributed by atoms with Gasteiger partial charge in [0.25, 0.3) is 0 Å². The minimum Gasteiger partial charge on any atom is -0.340 e. The number of nitrogens with one attached hydrogen (secondary N) is 2. The summed E-state index contributed by atoms with van der Waals surface area (Å²) in [6.45, 7) is 4.56. The molecule has 1 unspecified atom stereocenters. The zero-order chi connectivity index (χ0) is 18.6. The number of hydrogen-bond acceptors (Lipinski definition) is 3. The van der Waals surface area contributed by atoms with Crippen LogP contribution >= 0.6 is 0 Å². The summed E-state index contributed by atoms with van der Waals surface area (Å²) in [4.78, 5) is 27.6. The predicted molar refractivity (Wildman–Crippen MR) is 101 cm³/mol. The number of benzene rings is 1. The van der Waals surface area contributed by atoms with Crippen LogP contribution in [0.1, 0.15) is 44.6 Å². The summed E-state index contributed by atoms with van der Waals surface area (Å²) in [7, 11) is 0. The number of rotatable bonds is 5. The Morgan fingerprint density at radius 1 is 1.15 bits per heavy atom. The molecule has 0 radical (unpaired) electrons. The van der Waals surface area contributed by atoms with Gasteiger partial charge in [0.05, 0.1) is 0 Å². The average Bonchev–Trinajstić information content (AvgIpc) is 3.28. The summed E-state index contributed by atoms with van der Waals surface area (Å²) in [6, 6.07) is 9.49. The summed E-state index contributed by atoms with van der Waals surface area (Å²) < 4.78 is 0. The maximum Gasteiger partial charge on any atom is 0.315 e. The highest BCUT2D eigenvalue weighted by Crippen LogP contribution is 2.35. The monoisotopic (exact) mass is 358 g/mol. The summed E-state index contributed by atoms with van der Waals surface area (Å²) in [5, 5.41) is 5.89. The van der Waals surface area contributed by atoms with Crippen LogP contribution < -0.4 is 16.4 Å². The van der Waals surface area contributed by atoms with Crippen molar-refractivity contribution in [2.75, 3.05) is 19.6 Å². The Morgan fingerprint density at radius 2 is 1.85 bits per heavy atom. The Hall–Kier alpha value is -2.08. The molecule has 1 atom stereocenters. The zero-order valence-corrected chi connectivity index (χ0v) is 15.6. The summed E-state index contributed by atoms with van der Waals surface area (Å²) in [6.07, 6.45) is 4.27. The summed E-state index contributed by atoms with van der Waals surface area (Å²) in [5.41, 5.74) is 6.14. The molecule has 2 aliphatic rings. The van der Waals surface area contributed by atoms with Crippen molar-refractivity contribution in [1.29, 1.82) is 0 Å². The maximum absolute atomic E-state index is 13.2. The van der Waals surface area contributed by atoms with Crippen LogP contribution in [0.3, 0.4) is 0 Å². The first-order valence-corrected chi connectivity index (χ1v) is 9.56. The number of urea groups is 1. The number of nitrogens with zero attached hydrogens (tertiary/aromatic N) is 1. The molecule has 142 valence electrons. The molecule has 26 heavy (non-hydrogen) atoms. The van der Waals surface area contributed by atoms with Crippen molar-refractivity contribution in [2.24, 2.45) is 11.1 Å². The van der Waals surface area contributed by atoms with Gasteiger partial charge in [0.1, 0.15) is 5.54 Å². The first-order valence-electron chi connectivity index (χ1n) is 9.56. The van der Waals surface area contributed by atoms with Crippen molar-refractivity contribution in [3.05, 3.63) is 35.9 Å². The van der Waals surface area contributed by atoms with Crippen molar-refractivity contribution in [1.82, 2.24) is 15.5 Å². The van der Waals surface area contributed by atoms with Crippen molar-refractivity contribution in [3.63, 3.8) is 0 Å². The third kappa shape index (κ3) is 4.01. The van der Waals surface area contributed by atoms with Gasteiger partial charge in [-0.1, -0.05) is 50.1 Å². The summed E-state index contributed by atoms with van der Waals surface area (Å²) in [5.74, 6) is 0.0574. The smallest absolute Gasteiger partial charge is 0.315 e. The van der Waals surface area contributed by atoms with Crippen molar-refractivity contribution < 1.29 is 9.59 Å². The first kappa shape index (κ1) is 18.7. The van der Waals surface area contributed by atoms with Gasteiger partial charge < -0.3 is 21.3 Å². The van der Waals surface area contributed by atoms with Crippen LogP contribution in [0.15, 0.2) is 30.3 Å². The predicted octanol–water partition coefficient (Wildman–Crippen LogP) is 2.00. The van der Waals surface area contributed by atoms with Gasteiger partial charge in [0.2, 0.25) is 5.91 Å². The fourth-order valence-corrected chi connectivity index (χ4v) is 4.08. The van der Waals surface area contributed by atoms with E-state index in [1.807, 2.05) is 35.2 Å². The lowest BCUT2D eigenvalue weighted by atomic mass is 9.90. The van der Waals surface area contributed by atoms with E-state index >= 15 is 0 Å². The molecule has 1 aliphatic carbocycles. The van der Waals surface area contributed by atoms with Crippen LogP contribution in [0.2, 0.25) is 0 Å². The summed E-state index contributed by atoms with van der Waals surface area (Å²) >= 11 is 0. The van der Waals surface area contributed by atoms with Crippen molar-refractivity contribution in [3.8, 4) is 0 Å². The third-order valence-electron chi connectivity index (χ3n) is 5.85. The molecule has 1 heterocycles. The van der Waals surface area contributed by atoms with Gasteiger partial charge in [0, 0.05) is 19.6 Å². The van der Waals surface area contributed by atoms with Gasteiger partial charge >= 0.3 is 6.03 Å². The molecule has 6 heteroatoms. The van der Waals surface area contributed by atoms with Gasteiger partial charge in [-0.05, 0) is 36.8 Å². The molecule has 1 aromatic carbocycles. The van der Waals surface area contributed by atoms with Crippen LogP contribution in [-0.4, -0.2) is 42.0 Å². The zero-order valence-electron chi connectivity index (χ0n) is 15.6. The fraction of sp³-hybridized carbons (Fsp3) is 0.600. The molecular formula is C20H30N4O2. The molecule has 3 rings (SSSR count). The van der Waals surface area contributed by atoms with Crippen molar-refractivity contribution in [2.45, 2.75) is 51.1 Å². The first-order chi connectivity index (χ1) is 12.5. The number of hydrogen-bond donors (Lipinski definition) is 3. The molecule has 0 spiro atoms. The van der Waals surface area contributed by atoms with Gasteiger partial charge in [0.15, 0.2) is 0 Å². The van der Waals surface area contributed by atoms with Gasteiger partial charge in [-0.2, -0.15) is 0 Å². The Morgan fingerprint density at radius 3 is 2.46 bits per heavy atom. The van der Waals surface area contributed by atoms with Gasteiger partial charge in [-0.25, -0.2) is 4.79 Å². The number of carbonyl (C=O) groups is 2. The second kappa shape index (κ2) is 7.66. The SMILES string of the molecule is CC1(CN)CCN(C(=O)C2(NC(=O)NCc3ccccc3)CCCC2)C1. The Labute approximate surface area is 155 Å². The third-order valence-corrected chi connectivity index (χ3v) is 5.85. The quantitative estimate of drug-likeness (QED) is 0.752. The van der Waals surface area contributed by atoms with E-state index in [9.17, 15) is 9.59 Å². The lowest BCUT2D eigenvalue weighted by Gasteiger charge is -2.34. The topological polar surface area (TPSA) is 87.5 Å². The van der Waals surface area contributed by atoms with E-state index < -0.39 is 5.54 Å². The number of amides is 3. The van der Waals surface area contributed by atoms with E-state index in [4.69, 9.17) is 5.73 Å². The molecule has 2 fully saturated rings. The Balaban J connectivity index is 1.62. The average molecular weight is 358 g/mol. The highest BCUT2D eigenvalue weighted by atomic mass is 16.2. The molecule has 1 aliphatic heterocycles. The van der Waals surface area contributed by atoms with E-state index in [2.05, 4.69) is 17.6 Å². The highest BCUT2D eigenvalue weighted by Gasteiger charge is 2.47. The van der Waals surface area contributed by atoms with Crippen LogP contribution in [0.4, 0.5) is 4.79 Å². The number of likely N-dealkylation sites (tertiary alicyclic amines) is 1. The molecule has 6 nitrogen and oxygen atoms in total. The molecule has 0 bridgehead atoms. The van der Waals surface area contributed by atoms with Gasteiger partial charge in [-0.15, -0.1) is 0 Å². The number of nitrogens with two attached hydrogens (primary N) is 1. The Kier molecular flexibility index (Phi) is 5.51. The second-order valence-corrected chi connectivity index (χ2v) is 8.07. The van der Waals surface area contributed by atoms with Gasteiger partial charge in [-0.3, -0.25) is 4.79 Å².